The van der Waals surface area contributed by atoms with Crippen molar-refractivity contribution in [1.82, 2.24) is 0 Å². The minimum atomic E-state index is -0.959. The van der Waals surface area contributed by atoms with Crippen LogP contribution in [0.3, 0.4) is 0 Å². The molecule has 0 heterocycles. The molecule has 0 unspecified atom stereocenters. The number of aryl methyl sites for hydroxylation is 1. The van der Waals surface area contributed by atoms with E-state index in [4.69, 9.17) is 16.7 Å². The van der Waals surface area contributed by atoms with E-state index in [0.29, 0.717) is 10.6 Å². The minimum Gasteiger partial charge on any atom is -0.506 e. The number of phenolic OH excluding ortho intramolecular Hbond substituents is 1. The third kappa shape index (κ3) is 1.79. The van der Waals surface area contributed by atoms with Crippen LogP contribution in [0, 0.1) is 0 Å². The lowest BCUT2D eigenvalue weighted by Crippen LogP contribution is -2.02. The van der Waals surface area contributed by atoms with Crippen LogP contribution in [0.5, 0.6) is 5.75 Å². The molecule has 2 N–H and O–H groups in total. The molecule has 0 spiro atoms. The number of carboxylic acid groups (broad SMARTS) is 1. The predicted molar refractivity (Wildman–Crippen MR) is 56.5 cm³/mol. The van der Waals surface area contributed by atoms with Gasteiger partial charge in [0.15, 0.2) is 0 Å². The van der Waals surface area contributed by atoms with Crippen molar-refractivity contribution in [2.45, 2.75) is 25.7 Å². The highest BCUT2D eigenvalue weighted by Gasteiger charge is 2.20. The third-order valence-electron chi connectivity index (χ3n) is 2.73. The Labute approximate surface area is 92.3 Å². The molecule has 0 saturated carbocycles. The van der Waals surface area contributed by atoms with E-state index in [-0.39, 0.29) is 12.2 Å². The summed E-state index contributed by atoms with van der Waals surface area (Å²) in [6, 6.07) is 1.76. The fourth-order valence-corrected chi connectivity index (χ4v) is 2.37. The molecule has 15 heavy (non-hydrogen) atoms. The Hall–Kier alpha value is -1.22. The molecule has 0 atom stereocenters. The van der Waals surface area contributed by atoms with Gasteiger partial charge >= 0.3 is 5.97 Å². The summed E-state index contributed by atoms with van der Waals surface area (Å²) in [5, 5.41) is 18.7. The number of halogens is 1. The molecular formula is C11H11ClO3. The fourth-order valence-electron chi connectivity index (χ4n) is 2.04. The molecule has 1 aliphatic rings. The van der Waals surface area contributed by atoms with Crippen LogP contribution >= 0.6 is 11.6 Å². The number of aromatic hydroxyl groups is 1. The number of aliphatic carboxylic acids is 1. The highest BCUT2D eigenvalue weighted by Crippen LogP contribution is 2.38. The first-order valence-electron chi connectivity index (χ1n) is 4.83. The highest BCUT2D eigenvalue weighted by molar-refractivity contribution is 6.33. The number of benzene rings is 1. The van der Waals surface area contributed by atoms with Gasteiger partial charge in [0.05, 0.1) is 11.4 Å². The van der Waals surface area contributed by atoms with E-state index in [1.165, 1.54) is 0 Å². The normalized spacial score (nSPS) is 13.9. The largest absolute Gasteiger partial charge is 0.506 e. The monoisotopic (exact) mass is 226 g/mol. The minimum absolute atomic E-state index is 0.0697. The smallest absolute Gasteiger partial charge is 0.307 e. The summed E-state index contributed by atoms with van der Waals surface area (Å²) in [4.78, 5) is 10.6. The Kier molecular flexibility index (Phi) is 2.57. The van der Waals surface area contributed by atoms with Crippen LogP contribution in [0.15, 0.2) is 6.07 Å². The Morgan fingerprint density at radius 1 is 1.47 bits per heavy atom. The zero-order valence-electron chi connectivity index (χ0n) is 8.09. The molecule has 0 aromatic heterocycles. The van der Waals surface area contributed by atoms with Crippen LogP contribution in [0.2, 0.25) is 5.02 Å². The van der Waals surface area contributed by atoms with Crippen LogP contribution in [0.1, 0.15) is 23.1 Å². The lowest BCUT2D eigenvalue weighted by Gasteiger charge is -2.09. The average molecular weight is 227 g/mol. The summed E-state index contributed by atoms with van der Waals surface area (Å²) >= 11 is 5.98. The summed E-state index contributed by atoms with van der Waals surface area (Å²) < 4.78 is 0. The summed E-state index contributed by atoms with van der Waals surface area (Å²) in [6.07, 6.45) is 2.63. The van der Waals surface area contributed by atoms with Gasteiger partial charge in [-0.25, -0.2) is 0 Å². The van der Waals surface area contributed by atoms with E-state index in [1.807, 2.05) is 0 Å². The van der Waals surface area contributed by atoms with E-state index < -0.39 is 5.97 Å². The quantitative estimate of drug-likeness (QED) is 0.813. The number of rotatable bonds is 2. The number of hydrogen-bond donors (Lipinski definition) is 2. The van der Waals surface area contributed by atoms with Gasteiger partial charge in [-0.05, 0) is 30.4 Å². The summed E-state index contributed by atoms with van der Waals surface area (Å²) in [6.45, 7) is 0. The van der Waals surface area contributed by atoms with Crippen molar-refractivity contribution in [3.8, 4) is 5.75 Å². The van der Waals surface area contributed by atoms with Gasteiger partial charge in [-0.1, -0.05) is 17.7 Å². The Morgan fingerprint density at radius 2 is 2.20 bits per heavy atom. The standard InChI is InChI=1S/C11H11ClO3/c12-10-8-3-1-2-6(8)4-7(11(10)15)5-9(13)14/h4,15H,1-3,5H2,(H,13,14). The average Bonchev–Trinajstić information content (AvgIpc) is 2.61. The maximum atomic E-state index is 10.6. The number of carboxylic acids is 1. The number of fused-ring (bicyclic) bond motifs is 1. The van der Waals surface area contributed by atoms with Crippen LogP contribution in [0.4, 0.5) is 0 Å². The van der Waals surface area contributed by atoms with Crippen LogP contribution in [-0.2, 0) is 24.1 Å². The summed E-state index contributed by atoms with van der Waals surface area (Å²) in [7, 11) is 0. The van der Waals surface area contributed by atoms with Gasteiger partial charge in [-0.2, -0.15) is 0 Å². The number of carbonyl (C=O) groups is 1. The lowest BCUT2D eigenvalue weighted by molar-refractivity contribution is -0.136. The first-order valence-corrected chi connectivity index (χ1v) is 5.21. The zero-order chi connectivity index (χ0) is 11.0. The molecule has 0 saturated heterocycles. The van der Waals surface area contributed by atoms with E-state index in [0.717, 1.165) is 30.4 Å². The molecule has 1 aromatic carbocycles. The third-order valence-corrected chi connectivity index (χ3v) is 3.13. The Balaban J connectivity index is 2.49. The second-order valence-corrected chi connectivity index (χ2v) is 4.14. The van der Waals surface area contributed by atoms with E-state index in [9.17, 15) is 9.90 Å². The van der Waals surface area contributed by atoms with Gasteiger partial charge in [0.25, 0.3) is 0 Å². The Morgan fingerprint density at radius 3 is 2.87 bits per heavy atom. The van der Waals surface area contributed by atoms with Gasteiger partial charge in [0.1, 0.15) is 5.75 Å². The van der Waals surface area contributed by atoms with Crippen molar-refractivity contribution in [2.75, 3.05) is 0 Å². The van der Waals surface area contributed by atoms with Crippen molar-refractivity contribution >= 4 is 17.6 Å². The molecule has 0 radical (unpaired) electrons. The first-order chi connectivity index (χ1) is 7.09. The summed E-state index contributed by atoms with van der Waals surface area (Å²) in [5.74, 6) is -1.03. The molecule has 0 fully saturated rings. The van der Waals surface area contributed by atoms with Crippen molar-refractivity contribution in [1.29, 1.82) is 0 Å². The predicted octanol–water partition coefficient (Wildman–Crippen LogP) is 2.16. The molecular weight excluding hydrogens is 216 g/mol. The lowest BCUT2D eigenvalue weighted by atomic mass is 10.0. The van der Waals surface area contributed by atoms with Gasteiger partial charge in [0, 0.05) is 5.56 Å². The molecule has 0 aliphatic heterocycles. The van der Waals surface area contributed by atoms with E-state index >= 15 is 0 Å². The van der Waals surface area contributed by atoms with Gasteiger partial charge < -0.3 is 10.2 Å². The van der Waals surface area contributed by atoms with Gasteiger partial charge in [0.2, 0.25) is 0 Å². The highest BCUT2D eigenvalue weighted by atomic mass is 35.5. The molecule has 3 nitrogen and oxygen atoms in total. The van der Waals surface area contributed by atoms with Gasteiger partial charge in [-0.15, -0.1) is 0 Å². The van der Waals surface area contributed by atoms with Crippen LogP contribution in [-0.4, -0.2) is 16.2 Å². The van der Waals surface area contributed by atoms with E-state index in [2.05, 4.69) is 0 Å². The molecule has 1 aliphatic carbocycles. The molecule has 1 aromatic rings. The van der Waals surface area contributed by atoms with Crippen molar-refractivity contribution in [2.24, 2.45) is 0 Å². The SMILES string of the molecule is O=C(O)Cc1cc2c(c(Cl)c1O)CCC2. The first kappa shape index (κ1) is 10.3. The molecule has 4 heteroatoms. The molecule has 0 bridgehead atoms. The second kappa shape index (κ2) is 3.74. The molecule has 80 valence electrons. The molecule has 2 rings (SSSR count). The second-order valence-electron chi connectivity index (χ2n) is 3.76. The summed E-state index contributed by atoms with van der Waals surface area (Å²) in [5.41, 5.74) is 2.46. The van der Waals surface area contributed by atoms with E-state index in [1.54, 1.807) is 6.07 Å². The van der Waals surface area contributed by atoms with Gasteiger partial charge in [-0.3, -0.25) is 4.79 Å². The van der Waals surface area contributed by atoms with Crippen molar-refractivity contribution < 1.29 is 15.0 Å². The maximum absolute atomic E-state index is 10.6. The fraction of sp³-hybridized carbons (Fsp3) is 0.364. The topological polar surface area (TPSA) is 57.5 Å². The van der Waals surface area contributed by atoms with Crippen LogP contribution in [0.25, 0.3) is 0 Å². The van der Waals surface area contributed by atoms with Crippen LogP contribution < -0.4 is 0 Å². The molecule has 0 amide bonds. The van der Waals surface area contributed by atoms with Crippen molar-refractivity contribution in [3.05, 3.63) is 27.8 Å². The zero-order valence-corrected chi connectivity index (χ0v) is 8.84. The number of phenols is 1. The van der Waals surface area contributed by atoms with Crippen molar-refractivity contribution in [3.63, 3.8) is 0 Å². The number of hydrogen-bond acceptors (Lipinski definition) is 2. The maximum Gasteiger partial charge on any atom is 0.307 e. The Bertz CT molecular complexity index is 426.